The van der Waals surface area contributed by atoms with Crippen molar-refractivity contribution in [3.63, 3.8) is 0 Å². The summed E-state index contributed by atoms with van der Waals surface area (Å²) in [6.07, 6.45) is -4.27. The van der Waals surface area contributed by atoms with Crippen molar-refractivity contribution in [3.8, 4) is 0 Å². The summed E-state index contributed by atoms with van der Waals surface area (Å²) in [5.74, 6) is 0.207. The summed E-state index contributed by atoms with van der Waals surface area (Å²) in [6, 6.07) is 1.28. The molecule has 0 spiro atoms. The van der Waals surface area contributed by atoms with Gasteiger partial charge in [0.05, 0.1) is 0 Å². The van der Waals surface area contributed by atoms with E-state index in [0.717, 1.165) is 11.3 Å². The van der Waals surface area contributed by atoms with Crippen molar-refractivity contribution in [2.75, 3.05) is 0 Å². The molecule has 1 aromatic rings. The number of alkyl halides is 3. The molecular formula is C12H18F3N. The smallest absolute Gasteiger partial charge is 0.344 e. The minimum Gasteiger partial charge on any atom is -0.344 e. The first-order valence-electron chi connectivity index (χ1n) is 5.43. The van der Waals surface area contributed by atoms with Crippen LogP contribution in [0.25, 0.3) is 0 Å². The third kappa shape index (κ3) is 2.25. The predicted octanol–water partition coefficient (Wildman–Crippen LogP) is 4.29. The largest absolute Gasteiger partial charge is 0.431 e. The fraction of sp³-hybridized carbons (Fsp3) is 0.667. The Balaban J connectivity index is 3.42. The molecule has 0 unspecified atom stereocenters. The van der Waals surface area contributed by atoms with Crippen LogP contribution in [0.1, 0.15) is 56.5 Å². The average Bonchev–Trinajstić information content (AvgIpc) is 2.41. The Morgan fingerprint density at radius 3 is 1.81 bits per heavy atom. The number of aromatic nitrogens is 1. The molecule has 0 radical (unpaired) electrons. The van der Waals surface area contributed by atoms with Crippen molar-refractivity contribution in [2.45, 2.75) is 45.7 Å². The van der Waals surface area contributed by atoms with E-state index in [4.69, 9.17) is 0 Å². The van der Waals surface area contributed by atoms with Crippen LogP contribution in [0.4, 0.5) is 13.2 Å². The molecule has 92 valence electrons. The Hall–Kier alpha value is -0.930. The van der Waals surface area contributed by atoms with E-state index in [1.807, 2.05) is 27.7 Å². The molecule has 1 rings (SSSR count). The standard InChI is InChI=1S/C12H18F3N/c1-7(2)9-6-10(12(13,14)15)16(5)11(9)8(3)4/h6-8H,1-5H3. The van der Waals surface area contributed by atoms with Crippen LogP contribution in [0.15, 0.2) is 6.07 Å². The van der Waals surface area contributed by atoms with E-state index in [9.17, 15) is 13.2 Å². The van der Waals surface area contributed by atoms with Crippen molar-refractivity contribution < 1.29 is 13.2 Å². The van der Waals surface area contributed by atoms with Gasteiger partial charge in [-0.25, -0.2) is 0 Å². The first-order chi connectivity index (χ1) is 7.16. The van der Waals surface area contributed by atoms with Crippen LogP contribution in [0.2, 0.25) is 0 Å². The van der Waals surface area contributed by atoms with Crippen molar-refractivity contribution in [2.24, 2.45) is 7.05 Å². The van der Waals surface area contributed by atoms with E-state index in [2.05, 4.69) is 0 Å². The maximum absolute atomic E-state index is 12.7. The Bertz CT molecular complexity index is 372. The van der Waals surface area contributed by atoms with E-state index in [-0.39, 0.29) is 11.8 Å². The van der Waals surface area contributed by atoms with E-state index in [0.29, 0.717) is 0 Å². The van der Waals surface area contributed by atoms with Crippen LogP contribution in [-0.2, 0) is 13.2 Å². The summed E-state index contributed by atoms with van der Waals surface area (Å²) in [4.78, 5) is 0. The number of hydrogen-bond acceptors (Lipinski definition) is 0. The number of hydrogen-bond donors (Lipinski definition) is 0. The Labute approximate surface area is 94.3 Å². The Morgan fingerprint density at radius 2 is 1.56 bits per heavy atom. The Kier molecular flexibility index (Phi) is 3.41. The van der Waals surface area contributed by atoms with Crippen LogP contribution >= 0.6 is 0 Å². The molecule has 16 heavy (non-hydrogen) atoms. The molecule has 1 nitrogen and oxygen atoms in total. The van der Waals surface area contributed by atoms with Crippen LogP contribution in [0.5, 0.6) is 0 Å². The summed E-state index contributed by atoms with van der Waals surface area (Å²) >= 11 is 0. The van der Waals surface area contributed by atoms with E-state index >= 15 is 0 Å². The summed E-state index contributed by atoms with van der Waals surface area (Å²) in [6.45, 7) is 7.67. The van der Waals surface area contributed by atoms with E-state index < -0.39 is 11.9 Å². The molecule has 0 aromatic carbocycles. The van der Waals surface area contributed by atoms with Gasteiger partial charge in [0.15, 0.2) is 0 Å². The lowest BCUT2D eigenvalue weighted by Gasteiger charge is -2.14. The van der Waals surface area contributed by atoms with Crippen molar-refractivity contribution >= 4 is 0 Å². The fourth-order valence-electron chi connectivity index (χ4n) is 2.10. The van der Waals surface area contributed by atoms with Crippen LogP contribution in [0, 0.1) is 0 Å². The lowest BCUT2D eigenvalue weighted by atomic mass is 9.97. The van der Waals surface area contributed by atoms with E-state index in [1.165, 1.54) is 17.7 Å². The summed E-state index contributed by atoms with van der Waals surface area (Å²) < 4.78 is 39.5. The molecule has 0 N–H and O–H groups in total. The minimum absolute atomic E-state index is 0.0958. The second kappa shape index (κ2) is 4.15. The number of nitrogens with zero attached hydrogens (tertiary/aromatic N) is 1. The van der Waals surface area contributed by atoms with Crippen molar-refractivity contribution in [1.29, 1.82) is 0 Å². The zero-order chi connectivity index (χ0) is 12.7. The third-order valence-electron chi connectivity index (χ3n) is 2.77. The second-order valence-corrected chi connectivity index (χ2v) is 4.74. The molecule has 0 aliphatic rings. The molecule has 0 saturated heterocycles. The third-order valence-corrected chi connectivity index (χ3v) is 2.77. The van der Waals surface area contributed by atoms with Gasteiger partial charge in [-0.05, 0) is 23.5 Å². The van der Waals surface area contributed by atoms with Gasteiger partial charge in [0.25, 0.3) is 0 Å². The molecular weight excluding hydrogens is 215 g/mol. The predicted molar refractivity (Wildman–Crippen MR) is 58.6 cm³/mol. The van der Waals surface area contributed by atoms with Crippen molar-refractivity contribution in [3.05, 3.63) is 23.0 Å². The molecule has 0 amide bonds. The van der Waals surface area contributed by atoms with Crippen LogP contribution in [-0.4, -0.2) is 4.57 Å². The lowest BCUT2D eigenvalue weighted by Crippen LogP contribution is -2.13. The zero-order valence-electron chi connectivity index (χ0n) is 10.3. The SMILES string of the molecule is CC(C)c1cc(C(F)(F)F)n(C)c1C(C)C. The van der Waals surface area contributed by atoms with Gasteiger partial charge in [0.2, 0.25) is 0 Å². The van der Waals surface area contributed by atoms with E-state index in [1.54, 1.807) is 0 Å². The van der Waals surface area contributed by atoms with Crippen LogP contribution < -0.4 is 0 Å². The highest BCUT2D eigenvalue weighted by molar-refractivity contribution is 5.34. The van der Waals surface area contributed by atoms with Gasteiger partial charge in [-0.1, -0.05) is 27.7 Å². The first-order valence-corrected chi connectivity index (χ1v) is 5.43. The lowest BCUT2D eigenvalue weighted by molar-refractivity contribution is -0.143. The summed E-state index contributed by atoms with van der Waals surface area (Å²) in [7, 11) is 1.49. The van der Waals surface area contributed by atoms with Crippen LogP contribution in [0.3, 0.4) is 0 Å². The highest BCUT2D eigenvalue weighted by atomic mass is 19.4. The monoisotopic (exact) mass is 233 g/mol. The van der Waals surface area contributed by atoms with Crippen molar-refractivity contribution in [1.82, 2.24) is 4.57 Å². The molecule has 1 aromatic heterocycles. The Morgan fingerprint density at radius 1 is 1.06 bits per heavy atom. The molecule has 0 aliphatic heterocycles. The fourth-order valence-corrected chi connectivity index (χ4v) is 2.10. The molecule has 1 heterocycles. The summed E-state index contributed by atoms with van der Waals surface area (Å²) in [5, 5.41) is 0. The van der Waals surface area contributed by atoms with Gasteiger partial charge in [-0.2, -0.15) is 13.2 Å². The number of halogens is 3. The maximum Gasteiger partial charge on any atom is 0.431 e. The first kappa shape index (κ1) is 13.1. The maximum atomic E-state index is 12.7. The zero-order valence-corrected chi connectivity index (χ0v) is 10.3. The van der Waals surface area contributed by atoms with Gasteiger partial charge in [-0.3, -0.25) is 0 Å². The normalized spacial score (nSPS) is 12.9. The van der Waals surface area contributed by atoms with Gasteiger partial charge in [0.1, 0.15) is 5.69 Å². The van der Waals surface area contributed by atoms with Gasteiger partial charge in [0, 0.05) is 12.7 Å². The molecule has 0 bridgehead atoms. The highest BCUT2D eigenvalue weighted by Crippen LogP contribution is 2.36. The topological polar surface area (TPSA) is 4.93 Å². The molecule has 0 atom stereocenters. The molecule has 0 aliphatic carbocycles. The molecule has 4 heteroatoms. The second-order valence-electron chi connectivity index (χ2n) is 4.74. The minimum atomic E-state index is -4.27. The van der Waals surface area contributed by atoms with Gasteiger partial charge in [-0.15, -0.1) is 0 Å². The molecule has 0 fully saturated rings. The summed E-state index contributed by atoms with van der Waals surface area (Å²) in [5.41, 5.74) is 1.02. The van der Waals surface area contributed by atoms with Gasteiger partial charge >= 0.3 is 6.18 Å². The molecule has 0 saturated carbocycles. The quantitative estimate of drug-likeness (QED) is 0.718. The van der Waals surface area contributed by atoms with Gasteiger partial charge < -0.3 is 4.57 Å². The number of rotatable bonds is 2. The highest BCUT2D eigenvalue weighted by Gasteiger charge is 2.36. The average molecular weight is 233 g/mol.